The molecule has 18 heavy (non-hydrogen) atoms. The first-order valence-electron chi connectivity index (χ1n) is 6.45. The second kappa shape index (κ2) is 5.16. The minimum absolute atomic E-state index is 0.00327. The van der Waals surface area contributed by atoms with Crippen molar-refractivity contribution >= 4 is 7.60 Å². The van der Waals surface area contributed by atoms with E-state index in [2.05, 4.69) is 26.0 Å². The molecule has 0 N–H and O–H groups in total. The van der Waals surface area contributed by atoms with Gasteiger partial charge in [0.05, 0.1) is 12.7 Å². The number of allylic oxidation sites excluding steroid dienone is 4. The second-order valence-electron chi connectivity index (χ2n) is 5.33. The van der Waals surface area contributed by atoms with Crippen LogP contribution in [-0.2, 0) is 13.6 Å². The molecule has 2 unspecified atom stereocenters. The molecule has 0 bridgehead atoms. The van der Waals surface area contributed by atoms with Crippen LogP contribution in [0.2, 0.25) is 0 Å². The van der Waals surface area contributed by atoms with Crippen LogP contribution in [-0.4, -0.2) is 18.9 Å². The fraction of sp³-hybridized carbons (Fsp3) is 0.571. The van der Waals surface area contributed by atoms with E-state index in [1.165, 1.54) is 0 Å². The van der Waals surface area contributed by atoms with Crippen LogP contribution in [0.25, 0.3) is 0 Å². The number of hydrogen-bond donors (Lipinski definition) is 0. The summed E-state index contributed by atoms with van der Waals surface area (Å²) in [4.78, 5) is 0. The zero-order valence-electron chi connectivity index (χ0n) is 11.3. The Balaban J connectivity index is 2.21. The minimum atomic E-state index is -2.87. The Hall–Kier alpha value is -0.630. The first-order valence-corrected chi connectivity index (χ1v) is 8.17. The van der Waals surface area contributed by atoms with Crippen LogP contribution < -0.4 is 0 Å². The first-order chi connectivity index (χ1) is 8.44. The molecule has 0 aromatic carbocycles. The minimum Gasteiger partial charge on any atom is -0.308 e. The van der Waals surface area contributed by atoms with Crippen molar-refractivity contribution in [1.29, 1.82) is 0 Å². The van der Waals surface area contributed by atoms with Gasteiger partial charge in [0.2, 0.25) is 0 Å². The third-order valence-electron chi connectivity index (χ3n) is 3.18. The molecule has 1 fully saturated rings. The van der Waals surface area contributed by atoms with Gasteiger partial charge in [-0.3, -0.25) is 4.57 Å². The SMILES string of the molecule is CCP1(=O)OCCC(C2=CC(C)(C)C=CC=C2)O1. The lowest BCUT2D eigenvalue weighted by molar-refractivity contribution is 0.103. The predicted octanol–water partition coefficient (Wildman–Crippen LogP) is 4.08. The fourth-order valence-corrected chi connectivity index (χ4v) is 3.56. The quantitative estimate of drug-likeness (QED) is 0.708. The summed E-state index contributed by atoms with van der Waals surface area (Å²) >= 11 is 0. The standard InChI is InChI=1S/C14H21O3P/c1-4-18(15)16-10-8-13(17-18)12-7-5-6-9-14(2,3)11-12/h5-7,9,11,13H,4,8,10H2,1-3H3. The van der Waals surface area contributed by atoms with Crippen molar-refractivity contribution in [3.8, 4) is 0 Å². The normalized spacial score (nSPS) is 35.1. The third-order valence-corrected chi connectivity index (χ3v) is 5.11. The van der Waals surface area contributed by atoms with Crippen molar-refractivity contribution in [3.63, 3.8) is 0 Å². The summed E-state index contributed by atoms with van der Waals surface area (Å²) in [6.07, 6.45) is 11.5. The topological polar surface area (TPSA) is 35.5 Å². The Morgan fingerprint density at radius 1 is 1.44 bits per heavy atom. The van der Waals surface area contributed by atoms with Gasteiger partial charge in [0.25, 0.3) is 0 Å². The van der Waals surface area contributed by atoms with E-state index in [-0.39, 0.29) is 11.5 Å². The van der Waals surface area contributed by atoms with E-state index in [0.717, 1.165) is 12.0 Å². The molecule has 2 aliphatic rings. The van der Waals surface area contributed by atoms with E-state index in [9.17, 15) is 4.57 Å². The lowest BCUT2D eigenvalue weighted by Gasteiger charge is -2.30. The summed E-state index contributed by atoms with van der Waals surface area (Å²) in [5, 5.41) is 0. The Morgan fingerprint density at radius 3 is 2.94 bits per heavy atom. The molecule has 1 aliphatic heterocycles. The first kappa shape index (κ1) is 13.8. The monoisotopic (exact) mass is 268 g/mol. The van der Waals surface area contributed by atoms with Crippen LogP contribution in [0.5, 0.6) is 0 Å². The van der Waals surface area contributed by atoms with E-state index in [1.54, 1.807) is 0 Å². The maximum Gasteiger partial charge on any atom is 0.330 e. The smallest absolute Gasteiger partial charge is 0.308 e. The molecule has 1 heterocycles. The van der Waals surface area contributed by atoms with Gasteiger partial charge in [-0.25, -0.2) is 0 Å². The molecular formula is C14H21O3P. The highest BCUT2D eigenvalue weighted by Gasteiger charge is 2.33. The summed E-state index contributed by atoms with van der Waals surface area (Å²) in [5.41, 5.74) is 1.10. The molecule has 1 aliphatic carbocycles. The van der Waals surface area contributed by atoms with Gasteiger partial charge in [0.15, 0.2) is 0 Å². The molecule has 0 aromatic rings. The van der Waals surface area contributed by atoms with Crippen LogP contribution >= 0.6 is 7.60 Å². The van der Waals surface area contributed by atoms with E-state index < -0.39 is 7.60 Å². The van der Waals surface area contributed by atoms with Crippen molar-refractivity contribution in [3.05, 3.63) is 36.0 Å². The molecule has 1 saturated heterocycles. The van der Waals surface area contributed by atoms with Crippen LogP contribution in [0, 0.1) is 5.41 Å². The third kappa shape index (κ3) is 3.23. The summed E-state index contributed by atoms with van der Waals surface area (Å²) in [5.74, 6) is 0. The van der Waals surface area contributed by atoms with Gasteiger partial charge in [-0.1, -0.05) is 51.2 Å². The second-order valence-corrected chi connectivity index (χ2v) is 7.65. The van der Waals surface area contributed by atoms with Crippen molar-refractivity contribution < 1.29 is 13.6 Å². The summed E-state index contributed by atoms with van der Waals surface area (Å²) in [7, 11) is -2.87. The van der Waals surface area contributed by atoms with E-state index in [1.807, 2.05) is 25.2 Å². The average Bonchev–Trinajstić information content (AvgIpc) is 2.50. The van der Waals surface area contributed by atoms with Crippen LogP contribution in [0.15, 0.2) is 36.0 Å². The molecule has 100 valence electrons. The van der Waals surface area contributed by atoms with Crippen molar-refractivity contribution in [2.45, 2.75) is 33.3 Å². The molecule has 0 spiro atoms. The molecule has 0 aromatic heterocycles. The molecule has 0 radical (unpaired) electrons. The van der Waals surface area contributed by atoms with Crippen molar-refractivity contribution in [2.24, 2.45) is 5.41 Å². The van der Waals surface area contributed by atoms with Crippen molar-refractivity contribution in [2.75, 3.05) is 12.8 Å². The summed E-state index contributed by atoms with van der Waals surface area (Å²) in [6, 6.07) is 0. The number of rotatable bonds is 2. The van der Waals surface area contributed by atoms with Gasteiger partial charge < -0.3 is 9.05 Å². The molecule has 0 amide bonds. The highest BCUT2D eigenvalue weighted by atomic mass is 31.2. The lowest BCUT2D eigenvalue weighted by atomic mass is 9.89. The zero-order valence-corrected chi connectivity index (χ0v) is 12.2. The van der Waals surface area contributed by atoms with Crippen LogP contribution in [0.1, 0.15) is 27.2 Å². The van der Waals surface area contributed by atoms with Gasteiger partial charge in [-0.15, -0.1) is 0 Å². The maximum atomic E-state index is 12.2. The van der Waals surface area contributed by atoms with E-state index in [0.29, 0.717) is 12.8 Å². The molecule has 4 heteroatoms. The van der Waals surface area contributed by atoms with E-state index in [4.69, 9.17) is 9.05 Å². The van der Waals surface area contributed by atoms with Gasteiger partial charge in [0.1, 0.15) is 0 Å². The van der Waals surface area contributed by atoms with Crippen LogP contribution in [0.4, 0.5) is 0 Å². The molecule has 0 saturated carbocycles. The average molecular weight is 268 g/mol. The summed E-state index contributed by atoms with van der Waals surface area (Å²) in [6.45, 7) is 6.64. The van der Waals surface area contributed by atoms with Crippen molar-refractivity contribution in [1.82, 2.24) is 0 Å². The Labute approximate surface area is 109 Å². The zero-order chi connectivity index (χ0) is 13.2. The highest BCUT2D eigenvalue weighted by molar-refractivity contribution is 7.53. The van der Waals surface area contributed by atoms with Gasteiger partial charge in [-0.05, 0) is 5.57 Å². The molecule has 2 atom stereocenters. The predicted molar refractivity (Wildman–Crippen MR) is 73.7 cm³/mol. The molecule has 3 nitrogen and oxygen atoms in total. The molecule has 2 rings (SSSR count). The van der Waals surface area contributed by atoms with Gasteiger partial charge >= 0.3 is 7.60 Å². The van der Waals surface area contributed by atoms with Gasteiger partial charge in [0, 0.05) is 18.0 Å². The maximum absolute atomic E-state index is 12.2. The van der Waals surface area contributed by atoms with Crippen LogP contribution in [0.3, 0.4) is 0 Å². The number of hydrogen-bond acceptors (Lipinski definition) is 3. The lowest BCUT2D eigenvalue weighted by Crippen LogP contribution is -2.23. The Kier molecular flexibility index (Phi) is 3.96. The Morgan fingerprint density at radius 2 is 2.22 bits per heavy atom. The Bertz CT molecular complexity index is 446. The van der Waals surface area contributed by atoms with Gasteiger partial charge in [-0.2, -0.15) is 0 Å². The molecular weight excluding hydrogens is 247 g/mol. The highest BCUT2D eigenvalue weighted by Crippen LogP contribution is 2.53. The largest absolute Gasteiger partial charge is 0.330 e. The summed E-state index contributed by atoms with van der Waals surface area (Å²) < 4.78 is 23.2. The van der Waals surface area contributed by atoms with E-state index >= 15 is 0 Å². The fourth-order valence-electron chi connectivity index (χ4n) is 2.17.